The molecule has 23 heavy (non-hydrogen) atoms. The van der Waals surface area contributed by atoms with E-state index in [1.807, 2.05) is 0 Å². The molecule has 1 aromatic carbocycles. The first-order valence-corrected chi connectivity index (χ1v) is 8.88. The van der Waals surface area contributed by atoms with E-state index in [9.17, 15) is 18.3 Å². The Balaban J connectivity index is 1.96. The smallest absolute Gasteiger partial charge is 0.310 e. The molecule has 1 unspecified atom stereocenters. The molecule has 1 N–H and O–H groups in total. The van der Waals surface area contributed by atoms with E-state index in [-0.39, 0.29) is 29.4 Å². The van der Waals surface area contributed by atoms with E-state index in [0.717, 1.165) is 4.31 Å². The third-order valence-electron chi connectivity index (χ3n) is 4.17. The van der Waals surface area contributed by atoms with Gasteiger partial charge in [-0.3, -0.25) is 4.79 Å². The van der Waals surface area contributed by atoms with Crippen LogP contribution in [0.4, 0.5) is 0 Å². The molecule has 0 amide bonds. The van der Waals surface area contributed by atoms with Crippen molar-refractivity contribution in [2.75, 3.05) is 26.3 Å². The molecule has 1 atom stereocenters. The normalized spacial score (nSPS) is 24.6. The minimum absolute atomic E-state index is 0.0261. The molecule has 0 spiro atoms. The molecular weight excluding hydrogens is 346 g/mol. The van der Waals surface area contributed by atoms with Crippen LogP contribution in [0.5, 0.6) is 11.5 Å². The van der Waals surface area contributed by atoms with Crippen LogP contribution in [-0.4, -0.2) is 50.1 Å². The predicted molar refractivity (Wildman–Crippen MR) is 81.6 cm³/mol. The molecule has 2 aliphatic rings. The van der Waals surface area contributed by atoms with Gasteiger partial charge < -0.3 is 14.6 Å². The quantitative estimate of drug-likeness (QED) is 0.878. The van der Waals surface area contributed by atoms with Crippen molar-refractivity contribution < 1.29 is 27.8 Å². The highest BCUT2D eigenvalue weighted by molar-refractivity contribution is 7.89. The number of carbonyl (C=O) groups is 1. The first kappa shape index (κ1) is 16.4. The summed E-state index contributed by atoms with van der Waals surface area (Å²) in [4.78, 5) is 11.2. The van der Waals surface area contributed by atoms with Crippen LogP contribution in [0.1, 0.15) is 13.3 Å². The van der Waals surface area contributed by atoms with Gasteiger partial charge >= 0.3 is 5.97 Å². The zero-order valence-corrected chi connectivity index (χ0v) is 14.0. The summed E-state index contributed by atoms with van der Waals surface area (Å²) >= 11 is 6.10. The maximum atomic E-state index is 12.8. The molecule has 1 saturated heterocycles. The molecule has 0 saturated carbocycles. The van der Waals surface area contributed by atoms with Crippen LogP contribution in [-0.2, 0) is 14.8 Å². The lowest BCUT2D eigenvalue weighted by atomic mass is 9.90. The molecule has 9 heteroatoms. The fourth-order valence-electron chi connectivity index (χ4n) is 2.68. The predicted octanol–water partition coefficient (Wildman–Crippen LogP) is 1.60. The van der Waals surface area contributed by atoms with Gasteiger partial charge in [-0.1, -0.05) is 11.6 Å². The number of rotatable bonds is 3. The van der Waals surface area contributed by atoms with Crippen molar-refractivity contribution in [3.05, 3.63) is 17.2 Å². The van der Waals surface area contributed by atoms with Crippen LogP contribution in [0.2, 0.25) is 5.02 Å². The fraction of sp³-hybridized carbons (Fsp3) is 0.500. The Hall–Kier alpha value is -1.51. The lowest BCUT2D eigenvalue weighted by Gasteiger charge is -2.23. The third kappa shape index (κ3) is 2.75. The van der Waals surface area contributed by atoms with Crippen molar-refractivity contribution in [3.63, 3.8) is 0 Å². The number of hydrogen-bond acceptors (Lipinski definition) is 5. The number of fused-ring (bicyclic) bond motifs is 1. The van der Waals surface area contributed by atoms with Crippen LogP contribution < -0.4 is 9.47 Å². The second-order valence-corrected chi connectivity index (χ2v) is 8.19. The Morgan fingerprint density at radius 1 is 1.30 bits per heavy atom. The largest absolute Gasteiger partial charge is 0.486 e. The van der Waals surface area contributed by atoms with Gasteiger partial charge in [-0.25, -0.2) is 8.42 Å². The summed E-state index contributed by atoms with van der Waals surface area (Å²) in [5.74, 6) is -0.292. The number of halogens is 1. The highest BCUT2D eigenvalue weighted by Gasteiger charge is 2.45. The van der Waals surface area contributed by atoms with Crippen molar-refractivity contribution in [3.8, 4) is 11.5 Å². The van der Waals surface area contributed by atoms with E-state index in [1.165, 1.54) is 19.1 Å². The molecule has 3 rings (SSSR count). The van der Waals surface area contributed by atoms with E-state index in [0.29, 0.717) is 24.7 Å². The molecule has 0 aromatic heterocycles. The second kappa shape index (κ2) is 5.54. The number of sulfonamides is 1. The van der Waals surface area contributed by atoms with Crippen molar-refractivity contribution in [2.24, 2.45) is 5.41 Å². The number of nitrogens with zero attached hydrogens (tertiary/aromatic N) is 1. The minimum atomic E-state index is -3.90. The van der Waals surface area contributed by atoms with E-state index in [4.69, 9.17) is 21.1 Å². The molecule has 7 nitrogen and oxygen atoms in total. The first-order chi connectivity index (χ1) is 10.7. The Kier molecular flexibility index (Phi) is 3.94. The highest BCUT2D eigenvalue weighted by Crippen LogP contribution is 2.40. The molecule has 2 aliphatic heterocycles. The summed E-state index contributed by atoms with van der Waals surface area (Å²) in [6, 6.07) is 2.75. The number of ether oxygens (including phenoxy) is 2. The van der Waals surface area contributed by atoms with Gasteiger partial charge in [0.2, 0.25) is 10.0 Å². The maximum absolute atomic E-state index is 12.8. The van der Waals surface area contributed by atoms with Crippen molar-refractivity contribution in [1.29, 1.82) is 0 Å². The van der Waals surface area contributed by atoms with Gasteiger partial charge in [0.05, 0.1) is 10.4 Å². The van der Waals surface area contributed by atoms with Gasteiger partial charge in [0, 0.05) is 25.2 Å². The van der Waals surface area contributed by atoms with Crippen molar-refractivity contribution in [2.45, 2.75) is 18.2 Å². The van der Waals surface area contributed by atoms with E-state index in [1.54, 1.807) is 0 Å². The Labute approximate surface area is 138 Å². The lowest BCUT2D eigenvalue weighted by Crippen LogP contribution is -2.35. The summed E-state index contributed by atoms with van der Waals surface area (Å²) in [6.07, 6.45) is 0.254. The van der Waals surface area contributed by atoms with Crippen LogP contribution in [0, 0.1) is 5.41 Å². The first-order valence-electron chi connectivity index (χ1n) is 7.07. The summed E-state index contributed by atoms with van der Waals surface area (Å²) in [7, 11) is -3.90. The SMILES string of the molecule is CC1(C(=O)O)CCN(S(=O)(=O)c2cc3c(cc2Cl)OCCO3)C1. The maximum Gasteiger partial charge on any atom is 0.310 e. The number of benzene rings is 1. The Bertz CT molecular complexity index is 765. The van der Waals surface area contributed by atoms with Gasteiger partial charge in [0.25, 0.3) is 0 Å². The van der Waals surface area contributed by atoms with Gasteiger partial charge in [-0.2, -0.15) is 4.31 Å². The Morgan fingerprint density at radius 3 is 2.48 bits per heavy atom. The minimum Gasteiger partial charge on any atom is -0.486 e. The summed E-state index contributed by atoms with van der Waals surface area (Å²) in [5, 5.41) is 9.28. The molecule has 0 aliphatic carbocycles. The third-order valence-corrected chi connectivity index (χ3v) is 6.48. The lowest BCUT2D eigenvalue weighted by molar-refractivity contribution is -0.146. The zero-order valence-electron chi connectivity index (χ0n) is 12.4. The van der Waals surface area contributed by atoms with Crippen LogP contribution in [0.25, 0.3) is 0 Å². The molecule has 1 fully saturated rings. The summed E-state index contributed by atoms with van der Waals surface area (Å²) in [6.45, 7) is 2.29. The second-order valence-electron chi connectivity index (χ2n) is 5.88. The number of carboxylic acids is 1. The molecule has 2 heterocycles. The van der Waals surface area contributed by atoms with Gasteiger partial charge in [0.1, 0.15) is 18.1 Å². The van der Waals surface area contributed by atoms with Crippen LogP contribution >= 0.6 is 11.6 Å². The highest BCUT2D eigenvalue weighted by atomic mass is 35.5. The molecule has 126 valence electrons. The fourth-order valence-corrected chi connectivity index (χ4v) is 4.75. The molecular formula is C14H16ClNO6S. The monoisotopic (exact) mass is 361 g/mol. The number of carboxylic acid groups (broad SMARTS) is 1. The average molecular weight is 362 g/mol. The van der Waals surface area contributed by atoms with Gasteiger partial charge in [0.15, 0.2) is 11.5 Å². The van der Waals surface area contributed by atoms with Gasteiger partial charge in [-0.15, -0.1) is 0 Å². The number of aliphatic carboxylic acids is 1. The van der Waals surface area contributed by atoms with Crippen LogP contribution in [0.3, 0.4) is 0 Å². The van der Waals surface area contributed by atoms with E-state index >= 15 is 0 Å². The Morgan fingerprint density at radius 2 is 1.91 bits per heavy atom. The number of hydrogen-bond donors (Lipinski definition) is 1. The van der Waals surface area contributed by atoms with Crippen molar-refractivity contribution in [1.82, 2.24) is 4.31 Å². The molecule has 0 bridgehead atoms. The zero-order chi connectivity index (χ0) is 16.8. The standard InChI is InChI=1S/C14H16ClNO6S/c1-14(13(17)18)2-3-16(8-14)23(19,20)12-7-11-10(6-9(12)15)21-4-5-22-11/h6-7H,2-5,8H2,1H3,(H,17,18). The summed E-state index contributed by atoms with van der Waals surface area (Å²) < 4.78 is 37.5. The molecule has 0 radical (unpaired) electrons. The van der Waals surface area contributed by atoms with E-state index < -0.39 is 21.4 Å². The van der Waals surface area contributed by atoms with Gasteiger partial charge in [-0.05, 0) is 13.3 Å². The average Bonchev–Trinajstić information content (AvgIpc) is 2.91. The van der Waals surface area contributed by atoms with Crippen molar-refractivity contribution >= 4 is 27.6 Å². The summed E-state index contributed by atoms with van der Waals surface area (Å²) in [5.41, 5.74) is -1.09. The van der Waals surface area contributed by atoms with Crippen LogP contribution in [0.15, 0.2) is 17.0 Å². The molecule has 1 aromatic rings. The topological polar surface area (TPSA) is 93.1 Å². The van der Waals surface area contributed by atoms with E-state index in [2.05, 4.69) is 0 Å².